The Bertz CT molecular complexity index is 2180. The molecule has 57 heavy (non-hydrogen) atoms. The number of pyridine rings is 1. The van der Waals surface area contributed by atoms with Crippen molar-refractivity contribution in [1.29, 1.82) is 0 Å². The minimum Gasteiger partial charge on any atom is -0.491 e. The lowest BCUT2D eigenvalue weighted by molar-refractivity contribution is -0.165. The molecule has 14 heteroatoms. The number of nitrogens with zero attached hydrogens (tertiary/aromatic N) is 6. The Morgan fingerprint density at radius 1 is 0.930 bits per heavy atom. The summed E-state index contributed by atoms with van der Waals surface area (Å²) in [7, 11) is 0. The summed E-state index contributed by atoms with van der Waals surface area (Å²) in [5.41, 5.74) is 3.60. The zero-order valence-electron chi connectivity index (χ0n) is 33.2. The van der Waals surface area contributed by atoms with Gasteiger partial charge in [0.15, 0.2) is 11.9 Å². The molecule has 1 unspecified atom stereocenters. The molecule has 3 aromatic heterocycles. The van der Waals surface area contributed by atoms with Gasteiger partial charge < -0.3 is 29.2 Å². The SMILES string of the molecule is C[C@H]1CCCCN1c1nnc2ccc(O[C@@H]3CC[C@H](NC(=O)Nc4cc(C(C)(C)C)nn4-c4cc(F)cc(OCCOC5CCCCO5)c4)c4ccccc43)cn12. The quantitative estimate of drug-likeness (QED) is 0.127. The molecule has 2 aromatic carbocycles. The number of ether oxygens (including phenoxy) is 4. The summed E-state index contributed by atoms with van der Waals surface area (Å²) in [6, 6.07) is 17.9. The molecule has 0 bridgehead atoms. The van der Waals surface area contributed by atoms with E-state index < -0.39 is 11.8 Å². The van der Waals surface area contributed by atoms with Crippen LogP contribution in [0.15, 0.2) is 66.9 Å². The Balaban J connectivity index is 0.959. The highest BCUT2D eigenvalue weighted by atomic mass is 19.1. The Labute approximate surface area is 332 Å². The zero-order chi connectivity index (χ0) is 39.5. The van der Waals surface area contributed by atoms with Crippen LogP contribution in [0.4, 0.5) is 21.0 Å². The maximum Gasteiger partial charge on any atom is 0.320 e. The molecule has 0 radical (unpaired) electrons. The van der Waals surface area contributed by atoms with Gasteiger partial charge in [-0.15, -0.1) is 10.2 Å². The van der Waals surface area contributed by atoms with Crippen molar-refractivity contribution >= 4 is 23.4 Å². The standard InChI is InChI=1S/C43H53FN8O5/c1-28-11-7-9-19-50(28)42-48-47-38-18-15-31(27-51(38)42)57-36-17-16-35(33-12-5-6-13-34(33)36)45-41(53)46-39-26-37(43(2,3)4)49-52(39)30-23-29(44)24-32(25-30)54-21-22-56-40-14-8-10-20-55-40/h5-6,12-13,15,18,23-28,35-36,40H,7-11,14,16-17,19-22H2,1-4H3,(H2,45,46,53)/t28-,35-,36+,40?/m0/s1. The topological polar surface area (TPSA) is 129 Å². The number of aromatic nitrogens is 5. The Morgan fingerprint density at radius 2 is 1.77 bits per heavy atom. The van der Waals surface area contributed by atoms with E-state index in [2.05, 4.69) is 38.7 Å². The van der Waals surface area contributed by atoms with Crippen LogP contribution in [-0.2, 0) is 14.9 Å². The minimum atomic E-state index is -0.489. The number of hydrogen-bond acceptors (Lipinski definition) is 9. The Kier molecular flexibility index (Phi) is 11.3. The van der Waals surface area contributed by atoms with Crippen molar-refractivity contribution < 1.29 is 28.1 Å². The molecular formula is C43H53FN8O5. The van der Waals surface area contributed by atoms with Gasteiger partial charge in [-0.05, 0) is 87.6 Å². The van der Waals surface area contributed by atoms with Gasteiger partial charge in [-0.1, -0.05) is 45.0 Å². The maximum absolute atomic E-state index is 15.0. The van der Waals surface area contributed by atoms with Crippen LogP contribution < -0.4 is 25.0 Å². The van der Waals surface area contributed by atoms with Crippen LogP contribution >= 0.6 is 0 Å². The molecule has 302 valence electrons. The predicted molar refractivity (Wildman–Crippen MR) is 215 cm³/mol. The predicted octanol–water partition coefficient (Wildman–Crippen LogP) is 8.43. The first-order chi connectivity index (χ1) is 27.6. The van der Waals surface area contributed by atoms with Crippen LogP contribution in [0.5, 0.6) is 11.5 Å². The molecule has 2 aliphatic heterocycles. The lowest BCUT2D eigenvalue weighted by Gasteiger charge is -2.33. The molecule has 8 rings (SSSR count). The number of nitrogens with one attached hydrogen (secondary N) is 2. The normalized spacial score (nSPS) is 21.2. The van der Waals surface area contributed by atoms with Gasteiger partial charge in [-0.2, -0.15) is 5.10 Å². The van der Waals surface area contributed by atoms with Crippen LogP contribution in [0.2, 0.25) is 0 Å². The van der Waals surface area contributed by atoms with Gasteiger partial charge >= 0.3 is 6.03 Å². The van der Waals surface area contributed by atoms with Crippen LogP contribution in [-0.4, -0.2) is 69.1 Å². The first-order valence-electron chi connectivity index (χ1n) is 20.3. The van der Waals surface area contributed by atoms with Crippen molar-refractivity contribution in [3.8, 4) is 17.2 Å². The van der Waals surface area contributed by atoms with E-state index in [1.807, 2.05) is 67.8 Å². The second kappa shape index (κ2) is 16.7. The average molecular weight is 781 g/mol. The second-order valence-corrected chi connectivity index (χ2v) is 16.3. The third-order valence-corrected chi connectivity index (χ3v) is 11.1. The van der Waals surface area contributed by atoms with Crippen molar-refractivity contribution in [2.75, 3.05) is 36.6 Å². The van der Waals surface area contributed by atoms with Crippen molar-refractivity contribution in [3.05, 3.63) is 89.5 Å². The van der Waals surface area contributed by atoms with Crippen LogP contribution in [0, 0.1) is 5.82 Å². The summed E-state index contributed by atoms with van der Waals surface area (Å²) in [5, 5.41) is 20.0. The first-order valence-corrected chi connectivity index (χ1v) is 20.3. The van der Waals surface area contributed by atoms with Gasteiger partial charge in [0.1, 0.15) is 35.8 Å². The highest BCUT2D eigenvalue weighted by Crippen LogP contribution is 2.39. The number of piperidine rings is 1. The van der Waals surface area contributed by atoms with Crippen molar-refractivity contribution in [2.45, 2.75) is 109 Å². The number of benzene rings is 2. The van der Waals surface area contributed by atoms with Crippen LogP contribution in [0.1, 0.15) is 108 Å². The number of fused-ring (bicyclic) bond motifs is 2. The van der Waals surface area contributed by atoms with E-state index in [1.165, 1.54) is 18.6 Å². The van der Waals surface area contributed by atoms with E-state index in [0.717, 1.165) is 72.8 Å². The molecule has 2 N–H and O–H groups in total. The summed E-state index contributed by atoms with van der Waals surface area (Å²) in [5.74, 6) is 1.82. The van der Waals surface area contributed by atoms with Crippen LogP contribution in [0.25, 0.3) is 11.3 Å². The Hall–Kier alpha value is -5.21. The summed E-state index contributed by atoms with van der Waals surface area (Å²) >= 11 is 0. The second-order valence-electron chi connectivity index (χ2n) is 16.3. The molecular weight excluding hydrogens is 728 g/mol. The molecule has 2 fully saturated rings. The van der Waals surface area contributed by atoms with Gasteiger partial charge in [0, 0.05) is 42.8 Å². The molecule has 5 heterocycles. The number of carbonyl (C=O) groups is 1. The van der Waals surface area contributed by atoms with E-state index in [0.29, 0.717) is 49.4 Å². The van der Waals surface area contributed by atoms with Gasteiger partial charge in [0.2, 0.25) is 5.95 Å². The van der Waals surface area contributed by atoms with E-state index in [1.54, 1.807) is 10.7 Å². The highest BCUT2D eigenvalue weighted by molar-refractivity contribution is 5.89. The van der Waals surface area contributed by atoms with Crippen LogP contribution in [0.3, 0.4) is 0 Å². The molecule has 0 saturated carbocycles. The van der Waals surface area contributed by atoms with Gasteiger partial charge in [-0.3, -0.25) is 9.72 Å². The maximum atomic E-state index is 15.0. The smallest absolute Gasteiger partial charge is 0.320 e. The number of rotatable bonds is 11. The third-order valence-electron chi connectivity index (χ3n) is 11.1. The van der Waals surface area contributed by atoms with Gasteiger partial charge in [0.05, 0.1) is 30.2 Å². The van der Waals surface area contributed by atoms with Crippen molar-refractivity contribution in [2.24, 2.45) is 0 Å². The van der Waals surface area contributed by atoms with E-state index >= 15 is 4.39 Å². The van der Waals surface area contributed by atoms with Gasteiger partial charge in [0.25, 0.3) is 0 Å². The minimum absolute atomic E-state index is 0.207. The number of amides is 2. The first kappa shape index (κ1) is 38.7. The molecule has 13 nitrogen and oxygen atoms in total. The third kappa shape index (κ3) is 8.86. The molecule has 1 aliphatic carbocycles. The summed E-state index contributed by atoms with van der Waals surface area (Å²) in [6.07, 6.45) is 9.36. The molecule has 5 aromatic rings. The summed E-state index contributed by atoms with van der Waals surface area (Å²) < 4.78 is 42.6. The van der Waals surface area contributed by atoms with E-state index in [4.69, 9.17) is 24.0 Å². The lowest BCUT2D eigenvalue weighted by Crippen LogP contribution is -2.38. The number of carbonyl (C=O) groups excluding carboxylic acids is 1. The molecule has 3 aliphatic rings. The van der Waals surface area contributed by atoms with Gasteiger partial charge in [-0.25, -0.2) is 13.9 Å². The summed E-state index contributed by atoms with van der Waals surface area (Å²) in [6.45, 7) is 10.5. The Morgan fingerprint density at radius 3 is 2.58 bits per heavy atom. The molecule has 2 saturated heterocycles. The number of anilines is 2. The zero-order valence-corrected chi connectivity index (χ0v) is 33.2. The monoisotopic (exact) mass is 780 g/mol. The number of hydrogen-bond donors (Lipinski definition) is 2. The number of halogens is 1. The fourth-order valence-corrected chi connectivity index (χ4v) is 7.99. The summed E-state index contributed by atoms with van der Waals surface area (Å²) in [4.78, 5) is 16.1. The van der Waals surface area contributed by atoms with E-state index in [-0.39, 0.29) is 30.5 Å². The fraction of sp³-hybridized carbons (Fsp3) is 0.488. The fourth-order valence-electron chi connectivity index (χ4n) is 7.99. The molecule has 4 atom stereocenters. The van der Waals surface area contributed by atoms with Crippen molar-refractivity contribution in [3.63, 3.8) is 0 Å². The lowest BCUT2D eigenvalue weighted by atomic mass is 9.85. The average Bonchev–Trinajstić information content (AvgIpc) is 3.83. The number of urea groups is 1. The van der Waals surface area contributed by atoms with E-state index in [9.17, 15) is 4.79 Å². The largest absolute Gasteiger partial charge is 0.491 e. The molecule has 2 amide bonds. The van der Waals surface area contributed by atoms with Crippen molar-refractivity contribution in [1.82, 2.24) is 29.7 Å². The highest BCUT2D eigenvalue weighted by Gasteiger charge is 2.31. The molecule has 0 spiro atoms.